The average molecular weight is 356 g/mol. The molecule has 0 radical (unpaired) electrons. The van der Waals surface area contributed by atoms with Crippen molar-refractivity contribution in [3.63, 3.8) is 0 Å². The topological polar surface area (TPSA) is 94.6 Å². The first-order chi connectivity index (χ1) is 10.3. The van der Waals surface area contributed by atoms with Gasteiger partial charge in [-0.05, 0) is 11.6 Å². The molecule has 0 atom stereocenters. The number of nitrogens with zero attached hydrogens (tertiary/aromatic N) is 1. The van der Waals surface area contributed by atoms with Gasteiger partial charge in [-0.2, -0.15) is 0 Å². The van der Waals surface area contributed by atoms with E-state index in [1.807, 2.05) is 0 Å². The number of carbonyl (C=O) groups excluding carboxylic acids is 2. The molecule has 0 saturated carbocycles. The third kappa shape index (κ3) is 4.23. The number of benzene rings is 1. The maximum Gasteiger partial charge on any atom is 0.266 e. The van der Waals surface area contributed by atoms with Crippen LogP contribution in [0.15, 0.2) is 29.2 Å². The highest BCUT2D eigenvalue weighted by atomic mass is 32.2. The molecule has 1 fully saturated rings. The SMILES string of the molecule is O=Cc1ccc(/C=C2\SC(=S)N(CCS(=O)(=O)[O-])C2=O)cc1. The van der Waals surface area contributed by atoms with Gasteiger partial charge in [-0.25, -0.2) is 8.42 Å². The minimum atomic E-state index is -4.41. The van der Waals surface area contributed by atoms with Crippen LogP contribution >= 0.6 is 24.0 Å². The first-order valence-corrected chi connectivity index (χ1v) is 8.84. The van der Waals surface area contributed by atoms with E-state index in [0.29, 0.717) is 22.3 Å². The smallest absolute Gasteiger partial charge is 0.266 e. The molecular weight excluding hydrogens is 346 g/mol. The van der Waals surface area contributed by atoms with Crippen molar-refractivity contribution in [1.82, 2.24) is 4.90 Å². The molecule has 1 aromatic rings. The predicted molar refractivity (Wildman–Crippen MR) is 86.3 cm³/mol. The van der Waals surface area contributed by atoms with Gasteiger partial charge in [-0.3, -0.25) is 14.5 Å². The Morgan fingerprint density at radius 3 is 2.36 bits per heavy atom. The molecule has 9 heteroatoms. The molecule has 0 spiro atoms. The fourth-order valence-corrected chi connectivity index (χ4v) is 3.43. The molecule has 0 aromatic heterocycles. The standard InChI is InChI=1S/C13H11NO5S3/c15-8-10-3-1-9(2-4-10)7-11-12(16)14(13(20)21-11)5-6-22(17,18)19/h1-4,7-8H,5-6H2,(H,17,18,19)/p-1/b11-7-. The number of carbonyl (C=O) groups is 2. The summed E-state index contributed by atoms with van der Waals surface area (Å²) in [5.41, 5.74) is 1.23. The van der Waals surface area contributed by atoms with E-state index in [2.05, 4.69) is 0 Å². The van der Waals surface area contributed by atoms with Crippen molar-refractivity contribution in [2.45, 2.75) is 0 Å². The summed E-state index contributed by atoms with van der Waals surface area (Å²) in [5.74, 6) is -1.11. The Labute approximate surface area is 136 Å². The van der Waals surface area contributed by atoms with Crippen LogP contribution in [0, 0.1) is 0 Å². The van der Waals surface area contributed by atoms with Crippen molar-refractivity contribution in [3.05, 3.63) is 40.3 Å². The van der Waals surface area contributed by atoms with E-state index in [4.69, 9.17) is 12.2 Å². The summed E-state index contributed by atoms with van der Waals surface area (Å²) in [5, 5.41) is 0. The second-order valence-corrected chi connectivity index (χ2v) is 7.58. The van der Waals surface area contributed by atoms with Gasteiger partial charge >= 0.3 is 0 Å². The summed E-state index contributed by atoms with van der Waals surface area (Å²) in [4.78, 5) is 24.2. The van der Waals surface area contributed by atoms with Gasteiger partial charge in [0.1, 0.15) is 10.6 Å². The van der Waals surface area contributed by atoms with E-state index in [1.165, 1.54) is 0 Å². The van der Waals surface area contributed by atoms with Crippen molar-refractivity contribution in [3.8, 4) is 0 Å². The number of amides is 1. The molecule has 1 heterocycles. The Balaban J connectivity index is 2.16. The van der Waals surface area contributed by atoms with Gasteiger partial charge in [-0.15, -0.1) is 0 Å². The molecule has 0 unspecified atom stereocenters. The largest absolute Gasteiger partial charge is 0.748 e. The summed E-state index contributed by atoms with van der Waals surface area (Å²) in [7, 11) is -4.41. The summed E-state index contributed by atoms with van der Waals surface area (Å²) >= 11 is 6.06. The van der Waals surface area contributed by atoms with Crippen LogP contribution in [0.5, 0.6) is 0 Å². The zero-order valence-electron chi connectivity index (χ0n) is 11.1. The second kappa shape index (κ2) is 6.69. The highest BCUT2D eigenvalue weighted by Crippen LogP contribution is 2.32. The molecule has 1 amide bonds. The second-order valence-electron chi connectivity index (χ2n) is 4.38. The number of thiocarbonyl (C=S) groups is 1. The molecule has 1 aromatic carbocycles. The van der Waals surface area contributed by atoms with Crippen LogP contribution in [0.1, 0.15) is 15.9 Å². The number of rotatable bonds is 5. The lowest BCUT2D eigenvalue weighted by Crippen LogP contribution is -2.32. The molecule has 22 heavy (non-hydrogen) atoms. The molecule has 1 aliphatic heterocycles. The maximum absolute atomic E-state index is 12.2. The number of aldehydes is 1. The zero-order chi connectivity index (χ0) is 16.3. The lowest BCUT2D eigenvalue weighted by molar-refractivity contribution is -0.121. The van der Waals surface area contributed by atoms with Crippen LogP contribution < -0.4 is 0 Å². The van der Waals surface area contributed by atoms with Crippen LogP contribution in [0.3, 0.4) is 0 Å². The van der Waals surface area contributed by atoms with E-state index in [0.717, 1.165) is 16.7 Å². The predicted octanol–water partition coefficient (Wildman–Crippen LogP) is 1.25. The Hall–Kier alpha value is -1.55. The van der Waals surface area contributed by atoms with Crippen LogP contribution in [0.2, 0.25) is 0 Å². The van der Waals surface area contributed by atoms with Crippen molar-refractivity contribution in [2.75, 3.05) is 12.3 Å². The van der Waals surface area contributed by atoms with Crippen molar-refractivity contribution >= 4 is 56.7 Å². The molecule has 0 N–H and O–H groups in total. The highest BCUT2D eigenvalue weighted by molar-refractivity contribution is 8.26. The summed E-state index contributed by atoms with van der Waals surface area (Å²) in [6.07, 6.45) is 2.31. The first kappa shape index (κ1) is 16.8. The minimum Gasteiger partial charge on any atom is -0.748 e. The number of thioether (sulfide) groups is 1. The molecule has 2 rings (SSSR count). The van der Waals surface area contributed by atoms with Crippen LogP contribution in [0.4, 0.5) is 0 Å². The first-order valence-electron chi connectivity index (χ1n) is 6.04. The average Bonchev–Trinajstić information content (AvgIpc) is 2.71. The maximum atomic E-state index is 12.2. The Morgan fingerprint density at radius 1 is 1.23 bits per heavy atom. The fourth-order valence-electron chi connectivity index (χ4n) is 1.72. The molecule has 0 bridgehead atoms. The van der Waals surface area contributed by atoms with E-state index >= 15 is 0 Å². The van der Waals surface area contributed by atoms with Gasteiger partial charge in [0.15, 0.2) is 0 Å². The summed E-state index contributed by atoms with van der Waals surface area (Å²) < 4.78 is 32.2. The van der Waals surface area contributed by atoms with Gasteiger partial charge < -0.3 is 4.55 Å². The summed E-state index contributed by atoms with van der Waals surface area (Å²) in [6.45, 7) is -0.252. The van der Waals surface area contributed by atoms with E-state index < -0.39 is 21.8 Å². The van der Waals surface area contributed by atoms with Gasteiger partial charge in [0.2, 0.25) is 0 Å². The van der Waals surface area contributed by atoms with Crippen molar-refractivity contribution in [1.29, 1.82) is 0 Å². The van der Waals surface area contributed by atoms with Gasteiger partial charge in [0.05, 0.1) is 20.8 Å². The van der Waals surface area contributed by atoms with Gasteiger partial charge in [0.25, 0.3) is 5.91 Å². The third-order valence-electron chi connectivity index (χ3n) is 2.81. The fraction of sp³-hybridized carbons (Fsp3) is 0.154. The minimum absolute atomic E-state index is 0.212. The Kier molecular flexibility index (Phi) is 5.12. The van der Waals surface area contributed by atoms with Crippen molar-refractivity contribution < 1.29 is 22.6 Å². The monoisotopic (exact) mass is 356 g/mol. The molecular formula is C13H10NO5S3-. The molecule has 1 saturated heterocycles. The number of hydrogen-bond donors (Lipinski definition) is 0. The Morgan fingerprint density at radius 2 is 1.82 bits per heavy atom. The van der Waals surface area contributed by atoms with Crippen LogP contribution in [-0.4, -0.2) is 46.7 Å². The quantitative estimate of drug-likeness (QED) is 0.339. The van der Waals surface area contributed by atoms with Crippen LogP contribution in [-0.2, 0) is 14.9 Å². The molecule has 1 aliphatic rings. The highest BCUT2D eigenvalue weighted by Gasteiger charge is 2.31. The third-order valence-corrected chi connectivity index (χ3v) is 4.87. The van der Waals surface area contributed by atoms with Gasteiger partial charge in [0, 0.05) is 12.1 Å². The van der Waals surface area contributed by atoms with E-state index in [1.54, 1.807) is 30.3 Å². The van der Waals surface area contributed by atoms with E-state index in [-0.39, 0.29) is 10.9 Å². The molecule has 6 nitrogen and oxygen atoms in total. The lowest BCUT2D eigenvalue weighted by atomic mass is 10.1. The van der Waals surface area contributed by atoms with Gasteiger partial charge in [-0.1, -0.05) is 48.2 Å². The normalized spacial score (nSPS) is 17.3. The molecule has 116 valence electrons. The van der Waals surface area contributed by atoms with Crippen LogP contribution in [0.25, 0.3) is 6.08 Å². The number of hydrogen-bond acceptors (Lipinski definition) is 7. The lowest BCUT2D eigenvalue weighted by Gasteiger charge is -2.15. The summed E-state index contributed by atoms with van der Waals surface area (Å²) in [6, 6.07) is 6.59. The van der Waals surface area contributed by atoms with E-state index in [9.17, 15) is 22.6 Å². The molecule has 0 aliphatic carbocycles. The van der Waals surface area contributed by atoms with Crippen molar-refractivity contribution in [2.24, 2.45) is 0 Å². The Bertz CT molecular complexity index is 752. The zero-order valence-corrected chi connectivity index (χ0v) is 13.5.